The largest absolute Gasteiger partial charge is 0.377 e. The molecule has 0 amide bonds. The first kappa shape index (κ1) is 20.7. The van der Waals surface area contributed by atoms with Crippen LogP contribution in [0.15, 0.2) is 0 Å². The quantitative estimate of drug-likeness (QED) is 0.728. The Balaban J connectivity index is 1.11. The molecule has 4 saturated heterocycles. The fourth-order valence-corrected chi connectivity index (χ4v) is 6.75. The van der Waals surface area contributed by atoms with Gasteiger partial charge in [-0.25, -0.2) is 0 Å². The Bertz CT molecular complexity index is 608. The highest BCUT2D eigenvalue weighted by molar-refractivity contribution is 5.10. The highest BCUT2D eigenvalue weighted by Crippen LogP contribution is 2.58. The lowest BCUT2D eigenvalue weighted by Crippen LogP contribution is -2.72. The van der Waals surface area contributed by atoms with Crippen molar-refractivity contribution in [3.05, 3.63) is 0 Å². The summed E-state index contributed by atoms with van der Waals surface area (Å²) in [5, 5.41) is 3.36. The molecule has 5 fully saturated rings. The number of hydrogen-bond donors (Lipinski definition) is 1. The smallest absolute Gasteiger partial charge is 0.0958 e. The predicted molar refractivity (Wildman–Crippen MR) is 115 cm³/mol. The van der Waals surface area contributed by atoms with Crippen LogP contribution < -0.4 is 5.32 Å². The van der Waals surface area contributed by atoms with E-state index in [1.165, 1.54) is 32.1 Å². The van der Waals surface area contributed by atoms with Gasteiger partial charge >= 0.3 is 0 Å². The zero-order valence-electron chi connectivity index (χ0n) is 19.6. The first-order chi connectivity index (χ1) is 13.6. The van der Waals surface area contributed by atoms with Crippen molar-refractivity contribution < 1.29 is 14.2 Å². The Hall–Kier alpha value is -0.160. The van der Waals surface area contributed by atoms with E-state index in [1.807, 2.05) is 0 Å². The molecule has 29 heavy (non-hydrogen) atoms. The maximum Gasteiger partial charge on any atom is 0.0958 e. The van der Waals surface area contributed by atoms with Crippen molar-refractivity contribution >= 4 is 0 Å². The van der Waals surface area contributed by atoms with Gasteiger partial charge in [-0.3, -0.25) is 0 Å². The zero-order chi connectivity index (χ0) is 20.7. The van der Waals surface area contributed by atoms with Gasteiger partial charge in [0.15, 0.2) is 0 Å². The average molecular weight is 406 g/mol. The van der Waals surface area contributed by atoms with Crippen molar-refractivity contribution in [3.63, 3.8) is 0 Å². The van der Waals surface area contributed by atoms with E-state index >= 15 is 0 Å². The molecule has 1 saturated carbocycles. The SMILES string of the molecule is CC(C)C1CC2(C1)CC(C(C)(C)C1CCC(C(C)(C)C3CC4(CNC4)O3)CO1)O2. The highest BCUT2D eigenvalue weighted by atomic mass is 16.5. The molecule has 0 radical (unpaired) electrons. The van der Waals surface area contributed by atoms with Crippen LogP contribution in [0.1, 0.15) is 80.1 Å². The lowest BCUT2D eigenvalue weighted by Gasteiger charge is -2.63. The average Bonchev–Trinajstić information content (AvgIpc) is 2.49. The second kappa shape index (κ2) is 6.67. The molecule has 4 heteroatoms. The van der Waals surface area contributed by atoms with Crippen LogP contribution in [-0.2, 0) is 14.2 Å². The van der Waals surface area contributed by atoms with E-state index in [2.05, 4.69) is 46.9 Å². The fraction of sp³-hybridized carbons (Fsp3) is 1.00. The summed E-state index contributed by atoms with van der Waals surface area (Å²) in [6.45, 7) is 17.2. The predicted octanol–water partition coefficient (Wildman–Crippen LogP) is 4.56. The molecule has 0 bridgehead atoms. The van der Waals surface area contributed by atoms with Gasteiger partial charge in [0.1, 0.15) is 0 Å². The minimum absolute atomic E-state index is 0.109. The second-order valence-electron chi connectivity index (χ2n) is 12.7. The molecule has 1 aliphatic carbocycles. The summed E-state index contributed by atoms with van der Waals surface area (Å²) in [7, 11) is 0. The van der Waals surface area contributed by atoms with Gasteiger partial charge in [0.2, 0.25) is 0 Å². The molecule has 4 heterocycles. The van der Waals surface area contributed by atoms with E-state index < -0.39 is 0 Å². The third-order valence-electron chi connectivity index (χ3n) is 9.82. The lowest BCUT2D eigenvalue weighted by molar-refractivity contribution is -0.310. The lowest BCUT2D eigenvalue weighted by atomic mass is 9.58. The van der Waals surface area contributed by atoms with Crippen LogP contribution in [0.5, 0.6) is 0 Å². The van der Waals surface area contributed by atoms with Crippen molar-refractivity contribution in [3.8, 4) is 0 Å². The van der Waals surface area contributed by atoms with Crippen LogP contribution in [-0.4, -0.2) is 49.2 Å². The van der Waals surface area contributed by atoms with E-state index in [0.29, 0.717) is 24.2 Å². The first-order valence-electron chi connectivity index (χ1n) is 12.2. The monoisotopic (exact) mass is 405 g/mol. The third kappa shape index (κ3) is 3.23. The molecule has 166 valence electrons. The maximum absolute atomic E-state index is 6.56. The van der Waals surface area contributed by atoms with Gasteiger partial charge < -0.3 is 19.5 Å². The van der Waals surface area contributed by atoms with E-state index in [0.717, 1.165) is 38.0 Å². The van der Waals surface area contributed by atoms with Crippen molar-refractivity contribution in [2.24, 2.45) is 28.6 Å². The molecule has 5 rings (SSSR count). The Labute approximate surface area is 177 Å². The van der Waals surface area contributed by atoms with Gasteiger partial charge in [-0.1, -0.05) is 41.5 Å². The molecule has 0 aromatic heterocycles. The minimum Gasteiger partial charge on any atom is -0.377 e. The minimum atomic E-state index is 0.109. The normalized spacial score (nSPS) is 44.2. The standard InChI is InChI=1S/C25H43NO3/c1-16(2)17-9-24(10-17)11-21(28-24)23(5,6)19-8-7-18(13-27-19)22(3,4)20-12-25(29-20)14-26-15-25/h16-21,26H,7-15H2,1-6H3. The van der Waals surface area contributed by atoms with Gasteiger partial charge in [0, 0.05) is 31.3 Å². The molecule has 0 aromatic rings. The molecule has 1 N–H and O–H groups in total. The molecule has 4 atom stereocenters. The van der Waals surface area contributed by atoms with Crippen LogP contribution in [0.25, 0.3) is 0 Å². The van der Waals surface area contributed by atoms with Crippen molar-refractivity contribution in [2.45, 2.75) is 110 Å². The molecule has 5 aliphatic rings. The fourth-order valence-electron chi connectivity index (χ4n) is 6.75. The molecular weight excluding hydrogens is 362 g/mol. The van der Waals surface area contributed by atoms with Crippen LogP contribution in [0.4, 0.5) is 0 Å². The summed E-state index contributed by atoms with van der Waals surface area (Å²) in [5.41, 5.74) is 0.711. The van der Waals surface area contributed by atoms with Crippen LogP contribution in [0.3, 0.4) is 0 Å². The Morgan fingerprint density at radius 3 is 1.86 bits per heavy atom. The van der Waals surface area contributed by atoms with E-state index in [9.17, 15) is 0 Å². The van der Waals surface area contributed by atoms with Gasteiger partial charge in [-0.2, -0.15) is 0 Å². The van der Waals surface area contributed by atoms with E-state index in [1.54, 1.807) is 0 Å². The second-order valence-corrected chi connectivity index (χ2v) is 12.7. The summed E-state index contributed by atoms with van der Waals surface area (Å²) in [6, 6.07) is 0. The molecule has 0 aromatic carbocycles. The maximum atomic E-state index is 6.56. The van der Waals surface area contributed by atoms with Gasteiger partial charge in [0.25, 0.3) is 0 Å². The molecular formula is C25H43NO3. The Morgan fingerprint density at radius 2 is 1.38 bits per heavy atom. The number of nitrogens with one attached hydrogen (secondary N) is 1. The summed E-state index contributed by atoms with van der Waals surface area (Å²) in [4.78, 5) is 0. The van der Waals surface area contributed by atoms with E-state index in [4.69, 9.17) is 14.2 Å². The van der Waals surface area contributed by atoms with Crippen LogP contribution in [0.2, 0.25) is 0 Å². The van der Waals surface area contributed by atoms with Gasteiger partial charge in [0.05, 0.1) is 36.1 Å². The van der Waals surface area contributed by atoms with Crippen LogP contribution >= 0.6 is 0 Å². The number of rotatable bonds is 5. The number of hydrogen-bond acceptors (Lipinski definition) is 4. The zero-order valence-corrected chi connectivity index (χ0v) is 19.6. The molecule has 4 nitrogen and oxygen atoms in total. The van der Waals surface area contributed by atoms with E-state index in [-0.39, 0.29) is 22.0 Å². The topological polar surface area (TPSA) is 39.7 Å². The molecule has 4 aliphatic heterocycles. The third-order valence-corrected chi connectivity index (χ3v) is 9.82. The van der Waals surface area contributed by atoms with Crippen molar-refractivity contribution in [1.82, 2.24) is 5.32 Å². The number of ether oxygens (including phenoxy) is 3. The van der Waals surface area contributed by atoms with Crippen molar-refractivity contribution in [1.29, 1.82) is 0 Å². The van der Waals surface area contributed by atoms with Crippen molar-refractivity contribution in [2.75, 3.05) is 19.7 Å². The summed E-state index contributed by atoms with van der Waals surface area (Å²) in [6.07, 6.45) is 8.49. The van der Waals surface area contributed by atoms with Gasteiger partial charge in [-0.05, 0) is 48.9 Å². The van der Waals surface area contributed by atoms with Gasteiger partial charge in [-0.15, -0.1) is 0 Å². The Kier molecular flexibility index (Phi) is 4.77. The summed E-state index contributed by atoms with van der Waals surface area (Å²) >= 11 is 0. The summed E-state index contributed by atoms with van der Waals surface area (Å²) in [5.74, 6) is 2.27. The Morgan fingerprint density at radius 1 is 0.793 bits per heavy atom. The highest BCUT2D eigenvalue weighted by Gasteiger charge is 2.60. The molecule has 2 spiro atoms. The summed E-state index contributed by atoms with van der Waals surface area (Å²) < 4.78 is 19.5. The first-order valence-corrected chi connectivity index (χ1v) is 12.2. The van der Waals surface area contributed by atoms with Crippen LogP contribution in [0, 0.1) is 28.6 Å². The molecule has 4 unspecified atom stereocenters.